The molecule has 0 bridgehead atoms. The van der Waals surface area contributed by atoms with Gasteiger partial charge in [0, 0.05) is 28.2 Å². The van der Waals surface area contributed by atoms with Crippen LogP contribution in [-0.4, -0.2) is 70.3 Å². The van der Waals surface area contributed by atoms with E-state index in [-0.39, 0.29) is 12.3 Å². The summed E-state index contributed by atoms with van der Waals surface area (Å²) in [5, 5.41) is 1.75. The molecule has 0 unspecified atom stereocenters. The van der Waals surface area contributed by atoms with Crippen molar-refractivity contribution in [1.82, 2.24) is 19.6 Å². The Hall–Kier alpha value is -0.620. The minimum Gasteiger partial charge on any atom is -0.328 e. The lowest BCUT2D eigenvalue weighted by atomic mass is 10.4. The van der Waals surface area contributed by atoms with Crippen LogP contribution in [-0.2, 0) is 0 Å². The molecule has 0 aliphatic carbocycles. The van der Waals surface area contributed by atoms with Crippen LogP contribution in [0.4, 0.5) is 0 Å². The van der Waals surface area contributed by atoms with Gasteiger partial charge in [0.25, 0.3) is 0 Å². The molecule has 2 fully saturated rings. The summed E-state index contributed by atoms with van der Waals surface area (Å²) in [6.07, 6.45) is 0.509. The predicted molar refractivity (Wildman–Crippen MR) is 63.8 cm³/mol. The molecule has 2 aliphatic rings. The van der Waals surface area contributed by atoms with E-state index in [2.05, 4.69) is 19.6 Å². The number of fused-ring (bicyclic) bond motifs is 1. The van der Waals surface area contributed by atoms with E-state index in [1.54, 1.807) is 0 Å². The molecule has 0 aromatic rings. The fourth-order valence-electron chi connectivity index (χ4n) is 2.27. The van der Waals surface area contributed by atoms with Gasteiger partial charge in [0.15, 0.2) is 10.2 Å². The van der Waals surface area contributed by atoms with Crippen molar-refractivity contribution in [3.63, 3.8) is 0 Å². The number of thiocarbonyl (C=S) groups is 2. The van der Waals surface area contributed by atoms with Gasteiger partial charge >= 0.3 is 0 Å². The van der Waals surface area contributed by atoms with Crippen LogP contribution in [0.5, 0.6) is 0 Å². The molecule has 0 atom stereocenters. The number of hydrogen-bond acceptors (Lipinski definition) is 2. The topological polar surface area (TPSA) is 13.0 Å². The molecule has 0 aromatic heterocycles. The summed E-state index contributed by atoms with van der Waals surface area (Å²) in [5.41, 5.74) is 0. The average molecular weight is 230 g/mol. The Morgan fingerprint density at radius 1 is 0.714 bits per heavy atom. The Bertz CT molecular complexity index is 252. The van der Waals surface area contributed by atoms with E-state index in [4.69, 9.17) is 24.4 Å². The lowest BCUT2D eigenvalue weighted by Crippen LogP contribution is -2.42. The van der Waals surface area contributed by atoms with Crippen molar-refractivity contribution in [2.24, 2.45) is 0 Å². The lowest BCUT2D eigenvalue weighted by molar-refractivity contribution is 0.171. The molecule has 2 saturated heterocycles. The third-order valence-electron chi connectivity index (χ3n) is 3.06. The second-order valence-corrected chi connectivity index (χ2v) is 4.57. The maximum Gasteiger partial charge on any atom is 0.174 e. The fourth-order valence-corrected chi connectivity index (χ4v) is 2.70. The van der Waals surface area contributed by atoms with E-state index >= 15 is 0 Å². The van der Waals surface area contributed by atoms with Gasteiger partial charge in [-0.25, -0.2) is 0 Å². The van der Waals surface area contributed by atoms with Gasteiger partial charge in [-0.3, -0.25) is 0 Å². The molecule has 4 nitrogen and oxygen atoms in total. The zero-order valence-corrected chi connectivity index (χ0v) is 10.4. The first-order chi connectivity index (χ1) is 6.46. The Kier molecular flexibility index (Phi) is 2.08. The molecule has 0 N–H and O–H groups in total. The molecule has 2 heterocycles. The third-order valence-corrected chi connectivity index (χ3v) is 4.21. The number of hydrogen-bond donors (Lipinski definition) is 0. The van der Waals surface area contributed by atoms with Crippen molar-refractivity contribution in [2.75, 3.05) is 28.2 Å². The first kappa shape index (κ1) is 9.92. The molecule has 2 aliphatic heterocycles. The van der Waals surface area contributed by atoms with Gasteiger partial charge in [0.2, 0.25) is 0 Å². The Balaban J connectivity index is 2.39. The average Bonchev–Trinajstić information content (AvgIpc) is 2.51. The minimum atomic E-state index is 0.255. The highest BCUT2D eigenvalue weighted by Gasteiger charge is 2.50. The quantitative estimate of drug-likeness (QED) is 0.538. The number of likely N-dealkylation sites (N-methyl/N-ethyl adjacent to an activating group) is 4. The van der Waals surface area contributed by atoms with Crippen molar-refractivity contribution in [3.8, 4) is 0 Å². The van der Waals surface area contributed by atoms with Crippen LogP contribution in [0, 0.1) is 0 Å². The summed E-state index contributed by atoms with van der Waals surface area (Å²) in [4.78, 5) is 8.37. The van der Waals surface area contributed by atoms with Crippen LogP contribution >= 0.6 is 24.4 Å². The van der Waals surface area contributed by atoms with Gasteiger partial charge in [-0.05, 0) is 24.4 Å². The van der Waals surface area contributed by atoms with E-state index in [1.165, 1.54) is 0 Å². The number of rotatable bonds is 0. The van der Waals surface area contributed by atoms with Crippen LogP contribution in [0.2, 0.25) is 0 Å². The number of nitrogens with zero attached hydrogens (tertiary/aromatic N) is 4. The maximum absolute atomic E-state index is 5.32. The normalized spacial score (nSPS) is 32.0. The lowest BCUT2D eigenvalue weighted by Gasteiger charge is -2.26. The predicted octanol–water partition coefficient (Wildman–Crippen LogP) is -0.0372. The zero-order chi connectivity index (χ0) is 10.6. The third kappa shape index (κ3) is 0.980. The SMILES string of the molecule is CN1C(=S)N(C)C2C1N(C)C(=S)N2C. The van der Waals surface area contributed by atoms with Gasteiger partial charge in [-0.2, -0.15) is 0 Å². The summed E-state index contributed by atoms with van der Waals surface area (Å²) in [6.45, 7) is 0. The molecule has 0 amide bonds. The molecule has 0 saturated carbocycles. The van der Waals surface area contributed by atoms with Crippen molar-refractivity contribution in [3.05, 3.63) is 0 Å². The largest absolute Gasteiger partial charge is 0.328 e. The standard InChI is InChI=1S/C8H14N4S2/c1-9-5-6(11(3)7(9)13)12(4)8(14)10(5)2/h5-6H,1-4H3. The summed E-state index contributed by atoms with van der Waals surface area (Å²) < 4.78 is 0. The van der Waals surface area contributed by atoms with E-state index in [9.17, 15) is 0 Å². The van der Waals surface area contributed by atoms with E-state index in [1.807, 2.05) is 28.2 Å². The van der Waals surface area contributed by atoms with Gasteiger partial charge < -0.3 is 19.6 Å². The summed E-state index contributed by atoms with van der Waals surface area (Å²) in [6, 6.07) is 0. The van der Waals surface area contributed by atoms with E-state index < -0.39 is 0 Å². The van der Waals surface area contributed by atoms with Gasteiger partial charge in [0.05, 0.1) is 0 Å². The zero-order valence-electron chi connectivity index (χ0n) is 8.76. The summed E-state index contributed by atoms with van der Waals surface area (Å²) in [7, 11) is 8.06. The Morgan fingerprint density at radius 3 is 1.14 bits per heavy atom. The summed E-state index contributed by atoms with van der Waals surface area (Å²) in [5.74, 6) is 0. The maximum atomic E-state index is 5.32. The monoisotopic (exact) mass is 230 g/mol. The van der Waals surface area contributed by atoms with Crippen molar-refractivity contribution in [1.29, 1.82) is 0 Å². The highest BCUT2D eigenvalue weighted by Crippen LogP contribution is 2.30. The molecule has 0 spiro atoms. The van der Waals surface area contributed by atoms with Crippen LogP contribution in [0.15, 0.2) is 0 Å². The van der Waals surface area contributed by atoms with E-state index in [0.29, 0.717) is 0 Å². The molecule has 2 rings (SSSR count). The molecule has 14 heavy (non-hydrogen) atoms. The van der Waals surface area contributed by atoms with Crippen LogP contribution in [0.3, 0.4) is 0 Å². The minimum absolute atomic E-state index is 0.255. The molecule has 0 aromatic carbocycles. The van der Waals surface area contributed by atoms with Gasteiger partial charge in [-0.1, -0.05) is 0 Å². The Morgan fingerprint density at radius 2 is 0.929 bits per heavy atom. The first-order valence-corrected chi connectivity index (χ1v) is 5.27. The van der Waals surface area contributed by atoms with Crippen molar-refractivity contribution >= 4 is 34.7 Å². The van der Waals surface area contributed by atoms with Crippen LogP contribution in [0.1, 0.15) is 0 Å². The van der Waals surface area contributed by atoms with Gasteiger partial charge in [0.1, 0.15) is 12.3 Å². The fraction of sp³-hybridized carbons (Fsp3) is 0.750. The van der Waals surface area contributed by atoms with E-state index in [0.717, 1.165) is 10.2 Å². The van der Waals surface area contributed by atoms with Crippen molar-refractivity contribution < 1.29 is 0 Å². The van der Waals surface area contributed by atoms with Crippen LogP contribution < -0.4 is 0 Å². The molecular formula is C8H14N4S2. The second-order valence-electron chi connectivity index (χ2n) is 3.84. The summed E-state index contributed by atoms with van der Waals surface area (Å²) >= 11 is 10.6. The van der Waals surface area contributed by atoms with Crippen molar-refractivity contribution in [2.45, 2.75) is 12.3 Å². The molecule has 78 valence electrons. The highest BCUT2D eigenvalue weighted by molar-refractivity contribution is 7.80. The van der Waals surface area contributed by atoms with Gasteiger partial charge in [-0.15, -0.1) is 0 Å². The molecular weight excluding hydrogens is 216 g/mol. The second kappa shape index (κ2) is 2.93. The smallest absolute Gasteiger partial charge is 0.174 e. The first-order valence-electron chi connectivity index (χ1n) is 4.46. The molecule has 6 heteroatoms. The Labute approximate surface area is 95.0 Å². The van der Waals surface area contributed by atoms with Crippen LogP contribution in [0.25, 0.3) is 0 Å². The molecule has 0 radical (unpaired) electrons. The highest BCUT2D eigenvalue weighted by atomic mass is 32.1.